The summed E-state index contributed by atoms with van der Waals surface area (Å²) >= 11 is 7.85. The quantitative estimate of drug-likeness (QED) is 0.716. The van der Waals surface area contributed by atoms with E-state index in [9.17, 15) is 0 Å². The molecule has 19 heavy (non-hydrogen) atoms. The normalized spacial score (nSPS) is 10.4. The molecule has 2 N–H and O–H groups in total. The molecule has 0 aliphatic heterocycles. The van der Waals surface area contributed by atoms with Crippen LogP contribution in [0.5, 0.6) is 0 Å². The Bertz CT molecular complexity index is 649. The predicted molar refractivity (Wildman–Crippen MR) is 83.1 cm³/mol. The smallest absolute Gasteiger partial charge is 0.231 e. The number of thioether (sulfide) groups is 1. The molecule has 0 bridgehead atoms. The molecule has 0 spiro atoms. The topological polar surface area (TPSA) is 29.9 Å². The van der Waals surface area contributed by atoms with Gasteiger partial charge in [-0.1, -0.05) is 41.9 Å². The molecular formula is C14H13Cl2N2S+. The Morgan fingerprint density at radius 1 is 1.05 bits per heavy atom. The Labute approximate surface area is 127 Å². The Kier molecular flexibility index (Phi) is 4.75. The number of halogens is 2. The fraction of sp³-hybridized carbons (Fsp3) is 0.0714. The number of para-hydroxylation sites is 2. The molecule has 0 atom stereocenters. The zero-order valence-electron chi connectivity index (χ0n) is 10.0. The van der Waals surface area contributed by atoms with Gasteiger partial charge in [-0.3, -0.25) is 0 Å². The molecule has 0 unspecified atom stereocenters. The predicted octanol–water partition coefficient (Wildman–Crippen LogP) is 4.35. The van der Waals surface area contributed by atoms with Crippen molar-refractivity contribution in [3.63, 3.8) is 0 Å². The van der Waals surface area contributed by atoms with Crippen molar-refractivity contribution in [2.75, 3.05) is 0 Å². The number of imidazole rings is 1. The van der Waals surface area contributed by atoms with Gasteiger partial charge in [0.05, 0.1) is 0 Å². The summed E-state index contributed by atoms with van der Waals surface area (Å²) in [4.78, 5) is 6.70. The molecule has 5 heteroatoms. The Morgan fingerprint density at radius 3 is 2.58 bits per heavy atom. The minimum atomic E-state index is 0. The number of H-pyrrole nitrogens is 2. The van der Waals surface area contributed by atoms with Gasteiger partial charge < -0.3 is 0 Å². The van der Waals surface area contributed by atoms with Crippen LogP contribution in [0.25, 0.3) is 11.0 Å². The molecule has 3 rings (SSSR count). The van der Waals surface area contributed by atoms with Crippen molar-refractivity contribution >= 4 is 46.8 Å². The maximum absolute atomic E-state index is 6.14. The maximum atomic E-state index is 6.14. The van der Waals surface area contributed by atoms with Gasteiger partial charge >= 0.3 is 5.16 Å². The highest BCUT2D eigenvalue weighted by atomic mass is 35.5. The number of aromatic nitrogens is 2. The van der Waals surface area contributed by atoms with Crippen LogP contribution in [0, 0.1) is 0 Å². The molecule has 2 nitrogen and oxygen atoms in total. The summed E-state index contributed by atoms with van der Waals surface area (Å²) in [6.07, 6.45) is 0. The summed E-state index contributed by atoms with van der Waals surface area (Å²) in [6, 6.07) is 16.1. The Morgan fingerprint density at radius 2 is 1.79 bits per heavy atom. The van der Waals surface area contributed by atoms with Crippen molar-refractivity contribution in [2.24, 2.45) is 0 Å². The summed E-state index contributed by atoms with van der Waals surface area (Å²) < 4.78 is 0. The van der Waals surface area contributed by atoms with E-state index >= 15 is 0 Å². The maximum Gasteiger partial charge on any atom is 0.314 e. The number of benzene rings is 2. The van der Waals surface area contributed by atoms with Gasteiger partial charge in [-0.15, -0.1) is 12.4 Å². The number of hydrogen-bond donors (Lipinski definition) is 1. The fourth-order valence-electron chi connectivity index (χ4n) is 1.81. The summed E-state index contributed by atoms with van der Waals surface area (Å²) in [6.45, 7) is 0. The first-order valence-corrected chi connectivity index (χ1v) is 7.05. The van der Waals surface area contributed by atoms with Crippen molar-refractivity contribution in [2.45, 2.75) is 10.9 Å². The third-order valence-electron chi connectivity index (χ3n) is 2.75. The van der Waals surface area contributed by atoms with Gasteiger partial charge in [0.2, 0.25) is 0 Å². The standard InChI is InChI=1S/C14H11ClN2S.ClH/c15-11-6-2-1-5-10(11)9-18-14-16-12-7-3-4-8-13(12)17-14;/h1-8H,9H2,(H,16,17);1H/p+1. The number of nitrogens with one attached hydrogen (secondary N) is 2. The first-order chi connectivity index (χ1) is 8.83. The van der Waals surface area contributed by atoms with Crippen molar-refractivity contribution in [1.29, 1.82) is 0 Å². The van der Waals surface area contributed by atoms with E-state index in [0.29, 0.717) is 0 Å². The van der Waals surface area contributed by atoms with Gasteiger partial charge in [-0.2, -0.15) is 0 Å². The molecule has 0 aliphatic carbocycles. The van der Waals surface area contributed by atoms with Crippen molar-refractivity contribution in [3.8, 4) is 0 Å². The van der Waals surface area contributed by atoms with E-state index < -0.39 is 0 Å². The molecule has 98 valence electrons. The van der Waals surface area contributed by atoms with Crippen molar-refractivity contribution in [3.05, 3.63) is 59.1 Å². The largest absolute Gasteiger partial charge is 0.314 e. The highest BCUT2D eigenvalue weighted by molar-refractivity contribution is 7.98. The van der Waals surface area contributed by atoms with Crippen molar-refractivity contribution < 1.29 is 4.98 Å². The first-order valence-electron chi connectivity index (χ1n) is 5.69. The second-order valence-corrected chi connectivity index (χ2v) is 5.40. The average molecular weight is 312 g/mol. The first kappa shape index (κ1) is 14.3. The fourth-order valence-corrected chi connectivity index (χ4v) is 3.01. The van der Waals surface area contributed by atoms with Gasteiger partial charge in [-0.05, 0) is 35.5 Å². The summed E-state index contributed by atoms with van der Waals surface area (Å²) in [5.74, 6) is 0.850. The molecule has 0 aliphatic rings. The lowest BCUT2D eigenvalue weighted by molar-refractivity contribution is -0.396. The molecule has 1 aromatic heterocycles. The van der Waals surface area contributed by atoms with E-state index in [1.54, 1.807) is 11.8 Å². The average Bonchev–Trinajstić information content (AvgIpc) is 2.80. The second kappa shape index (κ2) is 6.33. The van der Waals surface area contributed by atoms with E-state index in [2.05, 4.69) is 28.2 Å². The third kappa shape index (κ3) is 3.24. The van der Waals surface area contributed by atoms with E-state index in [1.165, 1.54) is 0 Å². The van der Waals surface area contributed by atoms with Crippen molar-refractivity contribution in [1.82, 2.24) is 4.98 Å². The number of rotatable bonds is 3. The summed E-state index contributed by atoms with van der Waals surface area (Å²) in [5, 5.41) is 1.87. The lowest BCUT2D eigenvalue weighted by Crippen LogP contribution is -2.01. The molecule has 0 amide bonds. The van der Waals surface area contributed by atoms with Gasteiger partial charge in [0.15, 0.2) is 11.0 Å². The second-order valence-electron chi connectivity index (χ2n) is 4.00. The molecule has 3 aromatic rings. The van der Waals surface area contributed by atoms with Crippen LogP contribution in [0.4, 0.5) is 0 Å². The van der Waals surface area contributed by atoms with Crippen LogP contribution < -0.4 is 4.98 Å². The van der Waals surface area contributed by atoms with Crippen LogP contribution in [-0.2, 0) is 5.75 Å². The van der Waals surface area contributed by atoms with Gasteiger partial charge in [0.25, 0.3) is 0 Å². The van der Waals surface area contributed by atoms with Crippen LogP contribution in [0.15, 0.2) is 53.7 Å². The van der Waals surface area contributed by atoms with Gasteiger partial charge in [0, 0.05) is 10.8 Å². The van der Waals surface area contributed by atoms with Crippen LogP contribution >= 0.6 is 35.8 Å². The third-order valence-corrected chi connectivity index (χ3v) is 4.07. The molecule has 0 saturated heterocycles. The molecule has 0 saturated carbocycles. The molecule has 0 fully saturated rings. The minimum Gasteiger partial charge on any atom is -0.231 e. The van der Waals surface area contributed by atoms with E-state index in [0.717, 1.165) is 32.5 Å². The minimum absolute atomic E-state index is 0. The number of hydrogen-bond acceptors (Lipinski definition) is 1. The van der Waals surface area contributed by atoms with Gasteiger partial charge in [-0.25, -0.2) is 9.97 Å². The summed E-state index contributed by atoms with van der Waals surface area (Å²) in [5.41, 5.74) is 3.40. The molecular weight excluding hydrogens is 299 g/mol. The lowest BCUT2D eigenvalue weighted by Gasteiger charge is -1.99. The van der Waals surface area contributed by atoms with E-state index in [1.807, 2.05) is 30.3 Å². The Balaban J connectivity index is 0.00000133. The highest BCUT2D eigenvalue weighted by Gasteiger charge is 2.10. The monoisotopic (exact) mass is 311 g/mol. The zero-order chi connectivity index (χ0) is 12.4. The molecule has 0 radical (unpaired) electrons. The van der Waals surface area contributed by atoms with E-state index in [-0.39, 0.29) is 12.4 Å². The van der Waals surface area contributed by atoms with Crippen LogP contribution in [0.1, 0.15) is 5.56 Å². The number of aromatic amines is 2. The lowest BCUT2D eigenvalue weighted by atomic mass is 10.2. The summed E-state index contributed by atoms with van der Waals surface area (Å²) in [7, 11) is 0. The SMILES string of the molecule is Cl.Clc1ccccc1CSc1[nH]c2ccccc2[nH+]1. The van der Waals surface area contributed by atoms with Crippen LogP contribution in [-0.4, -0.2) is 4.98 Å². The highest BCUT2D eigenvalue weighted by Crippen LogP contribution is 2.24. The number of fused-ring (bicyclic) bond motifs is 1. The van der Waals surface area contributed by atoms with Crippen LogP contribution in [0.2, 0.25) is 5.02 Å². The van der Waals surface area contributed by atoms with Crippen LogP contribution in [0.3, 0.4) is 0 Å². The Hall–Kier alpha value is -1.16. The molecule has 2 aromatic carbocycles. The van der Waals surface area contributed by atoms with Gasteiger partial charge in [0.1, 0.15) is 0 Å². The molecule has 1 heterocycles. The van der Waals surface area contributed by atoms with E-state index in [4.69, 9.17) is 11.6 Å². The zero-order valence-corrected chi connectivity index (χ0v) is 12.4.